The number of nitrogens with two attached hydrogens (primary N) is 1. The highest BCUT2D eigenvalue weighted by Gasteiger charge is 2.42. The summed E-state index contributed by atoms with van der Waals surface area (Å²) in [5, 5.41) is 62.1. The zero-order valence-corrected chi connectivity index (χ0v) is 35.5. The van der Waals surface area contributed by atoms with Crippen molar-refractivity contribution in [3.63, 3.8) is 0 Å². The molecule has 1 fully saturated rings. The van der Waals surface area contributed by atoms with Crippen molar-refractivity contribution in [3.05, 3.63) is 141 Å². The molecular weight excluding hydrogens is 863 g/mol. The fourth-order valence-electron chi connectivity index (χ4n) is 7.33. The number of carbonyl (C=O) groups is 5. The van der Waals surface area contributed by atoms with E-state index in [4.69, 9.17) is 10.5 Å². The predicted octanol–water partition coefficient (Wildman–Crippen LogP) is -0.855. The Kier molecular flexibility index (Phi) is 14.9. The molecule has 0 unspecified atom stereocenters. The zero-order valence-electron chi connectivity index (χ0n) is 35.5. The SMILES string of the molecule is C[C@@H]([C@H](NC(=O)[C@H](Cc1ccc(O)cc1)NC(=O)N[C@@H](Cc1c[nH]c2ccccc12)C(=O)O)C(=O)N/C=C1\O[C@@H](n2ccc(=O)[nH]c2=O)[C@H](O)[C@@H]1O)N(C)C(=O)[C@@H](N)Cc1cccc(O)c1. The number of carboxylic acid groups (broad SMARTS) is 1. The van der Waals surface area contributed by atoms with Gasteiger partial charge in [-0.05, 0) is 60.4 Å². The van der Waals surface area contributed by atoms with E-state index in [2.05, 4.69) is 26.3 Å². The summed E-state index contributed by atoms with van der Waals surface area (Å²) in [7, 11) is 1.33. The number of aromatic hydroxyl groups is 2. The Morgan fingerprint density at radius 2 is 1.58 bits per heavy atom. The van der Waals surface area contributed by atoms with Crippen LogP contribution in [0.25, 0.3) is 10.9 Å². The zero-order chi connectivity index (χ0) is 47.8. The van der Waals surface area contributed by atoms with Gasteiger partial charge in [0.05, 0.1) is 12.1 Å². The van der Waals surface area contributed by atoms with E-state index >= 15 is 0 Å². The third kappa shape index (κ3) is 11.4. The summed E-state index contributed by atoms with van der Waals surface area (Å²) in [6.07, 6.45) is -2.00. The van der Waals surface area contributed by atoms with Crippen LogP contribution in [0.1, 0.15) is 29.8 Å². The number of hydrogen-bond donors (Lipinski definition) is 12. The smallest absolute Gasteiger partial charge is 0.331 e. The number of aromatic amines is 2. The molecule has 3 heterocycles. The van der Waals surface area contributed by atoms with Crippen LogP contribution in [0.2, 0.25) is 0 Å². The molecule has 22 nitrogen and oxygen atoms in total. The average Bonchev–Trinajstić information content (AvgIpc) is 3.82. The van der Waals surface area contributed by atoms with E-state index in [9.17, 15) is 59.1 Å². The first-order valence-corrected chi connectivity index (χ1v) is 20.5. The van der Waals surface area contributed by atoms with Crippen LogP contribution < -0.4 is 38.2 Å². The Hall–Kier alpha value is -7.95. The van der Waals surface area contributed by atoms with Crippen molar-refractivity contribution in [2.24, 2.45) is 5.73 Å². The molecule has 2 aromatic heterocycles. The van der Waals surface area contributed by atoms with Crippen LogP contribution in [-0.4, -0.2) is 124 Å². The summed E-state index contributed by atoms with van der Waals surface area (Å²) in [5.74, 6) is -4.64. The van der Waals surface area contributed by atoms with E-state index in [1.165, 1.54) is 50.4 Å². The lowest BCUT2D eigenvalue weighted by Crippen LogP contribution is -2.62. The van der Waals surface area contributed by atoms with Crippen LogP contribution in [0.5, 0.6) is 11.5 Å². The molecule has 0 bridgehead atoms. The van der Waals surface area contributed by atoms with Crippen molar-refractivity contribution < 1.29 is 54.2 Å². The number of nitrogens with zero attached hydrogens (tertiary/aromatic N) is 2. The third-order valence-electron chi connectivity index (χ3n) is 11.1. The van der Waals surface area contributed by atoms with Crippen LogP contribution in [0.4, 0.5) is 4.79 Å². The van der Waals surface area contributed by atoms with Crippen LogP contribution in [0.15, 0.2) is 113 Å². The van der Waals surface area contributed by atoms with Gasteiger partial charge in [0.15, 0.2) is 0 Å². The van der Waals surface area contributed by atoms with Gasteiger partial charge in [0.2, 0.25) is 23.9 Å². The number of nitrogens with one attached hydrogen (secondary N) is 6. The molecule has 348 valence electrons. The van der Waals surface area contributed by atoms with E-state index in [1.807, 2.05) is 4.98 Å². The molecule has 8 atom stereocenters. The van der Waals surface area contributed by atoms with Gasteiger partial charge in [0.25, 0.3) is 5.56 Å². The number of benzene rings is 3. The van der Waals surface area contributed by atoms with Gasteiger partial charge in [-0.3, -0.25) is 28.7 Å². The first kappa shape index (κ1) is 47.5. The number of urea groups is 1. The number of likely N-dealkylation sites (N-methyl/N-ethyl adjacent to an activating group) is 1. The second-order valence-corrected chi connectivity index (χ2v) is 15.7. The Bertz CT molecular complexity index is 2730. The molecule has 6 rings (SSSR count). The van der Waals surface area contributed by atoms with Gasteiger partial charge < -0.3 is 67.2 Å². The van der Waals surface area contributed by atoms with Crippen molar-refractivity contribution in [3.8, 4) is 11.5 Å². The van der Waals surface area contributed by atoms with Crippen molar-refractivity contribution in [1.29, 1.82) is 0 Å². The van der Waals surface area contributed by atoms with Gasteiger partial charge >= 0.3 is 17.7 Å². The molecule has 66 heavy (non-hydrogen) atoms. The number of ether oxygens (including phenoxy) is 1. The maximum Gasteiger partial charge on any atom is 0.331 e. The second-order valence-electron chi connectivity index (χ2n) is 15.7. The molecule has 22 heteroatoms. The third-order valence-corrected chi connectivity index (χ3v) is 11.1. The Morgan fingerprint density at radius 3 is 2.27 bits per heavy atom. The number of aliphatic hydroxyl groups excluding tert-OH is 2. The number of fused-ring (bicyclic) bond motifs is 1. The van der Waals surface area contributed by atoms with Gasteiger partial charge in [-0.2, -0.15) is 0 Å². The van der Waals surface area contributed by atoms with Gasteiger partial charge in [-0.15, -0.1) is 0 Å². The molecule has 0 spiro atoms. The minimum Gasteiger partial charge on any atom is -0.508 e. The molecule has 3 aromatic carbocycles. The van der Waals surface area contributed by atoms with Crippen molar-refractivity contribution >= 4 is 40.6 Å². The molecule has 0 aliphatic carbocycles. The fourth-order valence-corrected chi connectivity index (χ4v) is 7.33. The molecule has 1 aliphatic rings. The number of carboxylic acids is 1. The van der Waals surface area contributed by atoms with E-state index in [-0.39, 0.29) is 30.8 Å². The van der Waals surface area contributed by atoms with E-state index in [0.717, 1.165) is 38.8 Å². The Balaban J connectivity index is 1.26. The second kappa shape index (κ2) is 20.7. The van der Waals surface area contributed by atoms with Crippen molar-refractivity contribution in [1.82, 2.24) is 40.7 Å². The number of aliphatic carboxylic acids is 1. The van der Waals surface area contributed by atoms with Crippen LogP contribution in [0, 0.1) is 0 Å². The standard InChI is InChI=1S/C44H49N9O13/c1-22(52(2)40(61)29(45)17-24-6-5-7-27(55)16-24)35(39(60)47-21-33-36(57)37(58)41(66-33)53-15-14-34(56)50-44(53)65)51-38(59)31(18-23-10-12-26(54)13-11-23)48-43(64)49-32(42(62)63)19-25-20-46-30-9-4-3-8-28(25)30/h3-16,20-22,29,31-32,35-37,41,46,54-55,57-58H,17-19,45H2,1-2H3,(H,47,60)(H,51,59)(H,62,63)(H2,48,49,64)(H,50,56,65)/b33-21-/t22-,29-,31-,32-,35-,36+,37+,41+/m0/s1. The molecule has 0 radical (unpaired) electrons. The van der Waals surface area contributed by atoms with Crippen LogP contribution in [-0.2, 0) is 43.2 Å². The summed E-state index contributed by atoms with van der Waals surface area (Å²) in [5.41, 5.74) is 6.90. The molecule has 5 aromatic rings. The highest BCUT2D eigenvalue weighted by atomic mass is 16.6. The highest BCUT2D eigenvalue weighted by Crippen LogP contribution is 2.30. The monoisotopic (exact) mass is 911 g/mol. The topological polar surface area (TPSA) is 344 Å². The van der Waals surface area contributed by atoms with Gasteiger partial charge in [0.1, 0.15) is 47.6 Å². The van der Waals surface area contributed by atoms with E-state index < -0.39 is 95.4 Å². The number of amides is 5. The lowest BCUT2D eigenvalue weighted by atomic mass is 10.0. The number of phenols is 2. The van der Waals surface area contributed by atoms with Crippen LogP contribution in [0.3, 0.4) is 0 Å². The quantitative estimate of drug-likeness (QED) is 0.0541. The molecule has 13 N–H and O–H groups in total. The number of phenolic OH excluding ortho intramolecular Hbond substituents is 2. The molecular formula is C44H49N9O13. The highest BCUT2D eigenvalue weighted by molar-refractivity contribution is 5.94. The number of aromatic nitrogens is 3. The van der Waals surface area contributed by atoms with Gasteiger partial charge in [-0.25, -0.2) is 14.4 Å². The lowest BCUT2D eigenvalue weighted by molar-refractivity contribution is -0.139. The summed E-state index contributed by atoms with van der Waals surface area (Å²) >= 11 is 0. The number of para-hydroxylation sites is 1. The Morgan fingerprint density at radius 1 is 0.864 bits per heavy atom. The average molecular weight is 912 g/mol. The molecule has 5 amide bonds. The molecule has 1 aliphatic heterocycles. The fraction of sp³-hybridized carbons (Fsp3) is 0.295. The summed E-state index contributed by atoms with van der Waals surface area (Å²) < 4.78 is 6.40. The minimum atomic E-state index is -1.80. The molecule has 0 saturated carbocycles. The molecule has 1 saturated heterocycles. The summed E-state index contributed by atoms with van der Waals surface area (Å²) in [6, 6.07) is 11.7. The minimum absolute atomic E-state index is 0.0257. The van der Waals surface area contributed by atoms with Crippen LogP contribution >= 0.6 is 0 Å². The summed E-state index contributed by atoms with van der Waals surface area (Å²) in [4.78, 5) is 98.5. The number of hydrogen-bond acceptors (Lipinski definition) is 13. The largest absolute Gasteiger partial charge is 0.508 e. The number of aliphatic hydroxyl groups is 2. The van der Waals surface area contributed by atoms with Crippen molar-refractivity contribution in [2.75, 3.05) is 7.05 Å². The van der Waals surface area contributed by atoms with E-state index in [0.29, 0.717) is 16.7 Å². The maximum atomic E-state index is 14.4. The van der Waals surface area contributed by atoms with E-state index in [1.54, 1.807) is 42.6 Å². The maximum absolute atomic E-state index is 14.4. The van der Waals surface area contributed by atoms with Gasteiger partial charge in [-0.1, -0.05) is 42.5 Å². The normalized spacial score (nSPS) is 18.6. The Labute approximate surface area is 374 Å². The van der Waals surface area contributed by atoms with Crippen molar-refractivity contribution in [2.45, 2.75) is 74.8 Å². The number of H-pyrrole nitrogens is 2. The number of carbonyl (C=O) groups excluding carboxylic acids is 4. The first-order chi connectivity index (χ1) is 31.4. The lowest BCUT2D eigenvalue weighted by Gasteiger charge is -2.34. The predicted molar refractivity (Wildman–Crippen MR) is 234 cm³/mol. The summed E-state index contributed by atoms with van der Waals surface area (Å²) in [6.45, 7) is 1.41. The first-order valence-electron chi connectivity index (χ1n) is 20.5. The number of rotatable bonds is 17. The van der Waals surface area contributed by atoms with Gasteiger partial charge in [0, 0.05) is 55.5 Å².